The van der Waals surface area contributed by atoms with Crippen molar-refractivity contribution >= 4 is 34.6 Å². The van der Waals surface area contributed by atoms with E-state index >= 15 is 0 Å². The van der Waals surface area contributed by atoms with Crippen molar-refractivity contribution in [3.63, 3.8) is 0 Å². The predicted molar refractivity (Wildman–Crippen MR) is 170 cm³/mol. The average Bonchev–Trinajstić information content (AvgIpc) is 3.54. The van der Waals surface area contributed by atoms with Gasteiger partial charge in [0.25, 0.3) is 0 Å². The summed E-state index contributed by atoms with van der Waals surface area (Å²) in [5, 5.41) is 17.3. The standard InChI is InChI=1S/C35H44N4O7/c1-2-25-19-35(25,20-29(40)41)38-31(42)28-18-26-21-39(28)33(43)30(24-10-6-3-7-11-24)37-34(44)45-16-8-4-5-9-22-12-13-23-14-15-36-32(46-26)27(23)17-22/h2,12-15,17,24-26,28,30H,1,3-11,16,18-21H2,(H,37,44)(H,38,42)(H,40,41)/t25?,26-,28+,30+,35?/m1/s1. The van der Waals surface area contributed by atoms with Crippen LogP contribution in [-0.2, 0) is 25.5 Å². The number of carbonyl (C=O) groups is 4. The second kappa shape index (κ2) is 13.7. The molecule has 11 heteroatoms. The van der Waals surface area contributed by atoms with Crippen molar-refractivity contribution in [2.75, 3.05) is 13.2 Å². The van der Waals surface area contributed by atoms with E-state index < -0.39 is 41.7 Å². The Balaban J connectivity index is 1.33. The van der Waals surface area contributed by atoms with Crippen molar-refractivity contribution < 1.29 is 33.8 Å². The number of aliphatic carboxylic acids is 1. The molecule has 3 fully saturated rings. The van der Waals surface area contributed by atoms with Gasteiger partial charge in [-0.3, -0.25) is 14.4 Å². The molecule has 1 aromatic carbocycles. The largest absolute Gasteiger partial charge is 0.481 e. The van der Waals surface area contributed by atoms with Crippen molar-refractivity contribution in [3.05, 3.63) is 48.7 Å². The van der Waals surface area contributed by atoms with Crippen molar-refractivity contribution in [2.45, 2.75) is 101 Å². The van der Waals surface area contributed by atoms with Crippen molar-refractivity contribution in [1.82, 2.24) is 20.5 Å². The van der Waals surface area contributed by atoms with Gasteiger partial charge in [0.2, 0.25) is 17.7 Å². The van der Waals surface area contributed by atoms with Gasteiger partial charge in [-0.25, -0.2) is 9.78 Å². The Morgan fingerprint density at radius 1 is 1.13 bits per heavy atom. The van der Waals surface area contributed by atoms with E-state index in [1.165, 1.54) is 4.90 Å². The van der Waals surface area contributed by atoms with Crippen LogP contribution >= 0.6 is 0 Å². The highest BCUT2D eigenvalue weighted by Crippen LogP contribution is 2.47. The van der Waals surface area contributed by atoms with Crippen LogP contribution in [0.1, 0.15) is 76.2 Å². The summed E-state index contributed by atoms with van der Waals surface area (Å²) in [6.45, 7) is 4.18. The number of aryl methyl sites for hydroxylation is 1. The second-order valence-corrected chi connectivity index (χ2v) is 13.4. The molecule has 2 aliphatic heterocycles. The van der Waals surface area contributed by atoms with E-state index in [9.17, 15) is 24.3 Å². The minimum atomic E-state index is -1.02. The Hall–Kier alpha value is -4.15. The maximum absolute atomic E-state index is 14.5. The van der Waals surface area contributed by atoms with Gasteiger partial charge in [-0.2, -0.15) is 0 Å². The first kappa shape index (κ1) is 31.8. The number of carboxylic acid groups (broad SMARTS) is 1. The molecule has 3 amide bonds. The monoisotopic (exact) mass is 632 g/mol. The molecule has 1 saturated heterocycles. The summed E-state index contributed by atoms with van der Waals surface area (Å²) in [6.07, 6.45) is 10.5. The summed E-state index contributed by atoms with van der Waals surface area (Å²) < 4.78 is 12.0. The zero-order valence-electron chi connectivity index (χ0n) is 26.2. The number of hydrogen-bond donors (Lipinski definition) is 3. The summed E-state index contributed by atoms with van der Waals surface area (Å²) >= 11 is 0. The Kier molecular flexibility index (Phi) is 9.47. The number of benzene rings is 1. The van der Waals surface area contributed by atoms with Crippen molar-refractivity contribution in [2.24, 2.45) is 11.8 Å². The Morgan fingerprint density at radius 3 is 2.70 bits per heavy atom. The lowest BCUT2D eigenvalue weighted by Gasteiger charge is -2.34. The Labute approximate surface area is 269 Å². The van der Waals surface area contributed by atoms with Crippen LogP contribution in [0.2, 0.25) is 0 Å². The summed E-state index contributed by atoms with van der Waals surface area (Å²) in [4.78, 5) is 59.3. The molecule has 3 heterocycles. The van der Waals surface area contributed by atoms with Crippen molar-refractivity contribution in [1.29, 1.82) is 0 Å². The number of nitrogens with one attached hydrogen (secondary N) is 2. The molecule has 2 unspecified atom stereocenters. The van der Waals surface area contributed by atoms with Crippen molar-refractivity contribution in [3.8, 4) is 5.88 Å². The second-order valence-electron chi connectivity index (χ2n) is 13.4. The molecule has 4 aliphatic rings. The molecule has 46 heavy (non-hydrogen) atoms. The van der Waals surface area contributed by atoms with Gasteiger partial charge in [0, 0.05) is 23.9 Å². The van der Waals surface area contributed by atoms with Crippen LogP contribution < -0.4 is 15.4 Å². The number of nitrogens with zero attached hydrogens (tertiary/aromatic N) is 2. The van der Waals surface area contributed by atoms with Gasteiger partial charge in [-0.15, -0.1) is 6.58 Å². The van der Waals surface area contributed by atoms with Crippen LogP contribution in [0.15, 0.2) is 43.1 Å². The average molecular weight is 633 g/mol. The molecule has 0 radical (unpaired) electrons. The predicted octanol–water partition coefficient (Wildman–Crippen LogP) is 4.52. The third kappa shape index (κ3) is 6.98. The van der Waals surface area contributed by atoms with Gasteiger partial charge in [-0.1, -0.05) is 37.5 Å². The number of pyridine rings is 1. The number of fused-ring (bicyclic) bond motifs is 3. The van der Waals surface area contributed by atoms with Crippen LogP contribution in [0.3, 0.4) is 0 Å². The maximum atomic E-state index is 14.5. The molecule has 3 N–H and O–H groups in total. The maximum Gasteiger partial charge on any atom is 0.407 e. The first-order valence-corrected chi connectivity index (χ1v) is 16.7. The number of aromatic nitrogens is 1. The van der Waals surface area contributed by atoms with E-state index in [1.54, 1.807) is 12.3 Å². The highest BCUT2D eigenvalue weighted by molar-refractivity contribution is 5.93. The van der Waals surface area contributed by atoms with E-state index in [4.69, 9.17) is 9.47 Å². The lowest BCUT2D eigenvalue weighted by atomic mass is 9.83. The van der Waals surface area contributed by atoms with Crippen LogP contribution in [0, 0.1) is 11.8 Å². The smallest absolute Gasteiger partial charge is 0.407 e. The van der Waals surface area contributed by atoms with Gasteiger partial charge in [-0.05, 0) is 73.9 Å². The van der Waals surface area contributed by atoms with E-state index in [2.05, 4.69) is 34.3 Å². The lowest BCUT2D eigenvalue weighted by molar-refractivity contribution is -0.142. The number of amides is 3. The third-order valence-corrected chi connectivity index (χ3v) is 10.2. The minimum absolute atomic E-state index is 0.0897. The summed E-state index contributed by atoms with van der Waals surface area (Å²) in [5.74, 6) is -1.63. The number of rotatable bonds is 6. The first-order valence-electron chi connectivity index (χ1n) is 16.7. The fourth-order valence-corrected chi connectivity index (χ4v) is 7.57. The minimum Gasteiger partial charge on any atom is -0.481 e. The van der Waals surface area contributed by atoms with E-state index in [-0.39, 0.29) is 43.7 Å². The number of carboxylic acids is 1. The van der Waals surface area contributed by atoms with Gasteiger partial charge in [0.1, 0.15) is 18.2 Å². The molecule has 11 nitrogen and oxygen atoms in total. The van der Waals surface area contributed by atoms with Crippen LogP contribution in [-0.4, -0.2) is 75.7 Å². The Morgan fingerprint density at radius 2 is 1.93 bits per heavy atom. The summed E-state index contributed by atoms with van der Waals surface area (Å²) in [5.41, 5.74) is 0.203. The molecule has 5 atom stereocenters. The number of cyclic esters (lactones) is 1. The summed E-state index contributed by atoms with van der Waals surface area (Å²) in [6, 6.07) is 6.39. The number of ether oxygens (including phenoxy) is 2. The quantitative estimate of drug-likeness (QED) is 0.394. The number of carbonyl (C=O) groups excluding carboxylic acids is 3. The topological polar surface area (TPSA) is 147 Å². The lowest BCUT2D eigenvalue weighted by Crippen LogP contribution is -2.57. The third-order valence-electron chi connectivity index (χ3n) is 10.2. The molecule has 4 bridgehead atoms. The SMILES string of the molecule is C=CC1CC1(CC(=O)O)NC(=O)[C@@H]1C[C@@H]2CN1C(=O)[C@H](C1CCCCC1)NC(=O)OCCCCCc1ccc3ccnc(c3c1)O2. The summed E-state index contributed by atoms with van der Waals surface area (Å²) in [7, 11) is 0. The van der Waals surface area contributed by atoms with Gasteiger partial charge in [0.15, 0.2) is 0 Å². The normalized spacial score (nSPS) is 29.2. The molecule has 2 aromatic rings. The van der Waals surface area contributed by atoms with E-state index in [1.807, 2.05) is 12.1 Å². The van der Waals surface area contributed by atoms with Crippen LogP contribution in [0.5, 0.6) is 5.88 Å². The molecular weight excluding hydrogens is 588 g/mol. The molecule has 2 saturated carbocycles. The Bertz CT molecular complexity index is 1490. The molecule has 2 aliphatic carbocycles. The fraction of sp³-hybridized carbons (Fsp3) is 0.571. The zero-order chi connectivity index (χ0) is 32.3. The molecule has 1 aromatic heterocycles. The highest BCUT2D eigenvalue weighted by atomic mass is 16.5. The van der Waals surface area contributed by atoms with Gasteiger partial charge in [0.05, 0.1) is 25.1 Å². The van der Waals surface area contributed by atoms with Gasteiger partial charge < -0.3 is 30.1 Å². The number of alkyl carbamates (subject to hydrolysis) is 1. The molecular formula is C35H44N4O7. The van der Waals surface area contributed by atoms with E-state index in [0.717, 1.165) is 67.7 Å². The van der Waals surface area contributed by atoms with E-state index in [0.29, 0.717) is 18.7 Å². The molecule has 6 rings (SSSR count). The first-order chi connectivity index (χ1) is 22.3. The van der Waals surface area contributed by atoms with Gasteiger partial charge >= 0.3 is 12.1 Å². The molecule has 246 valence electrons. The molecule has 0 spiro atoms. The van der Waals surface area contributed by atoms with Crippen LogP contribution in [0.4, 0.5) is 4.79 Å². The fourth-order valence-electron chi connectivity index (χ4n) is 7.57. The number of hydrogen-bond acceptors (Lipinski definition) is 7. The van der Waals surface area contributed by atoms with Crippen LogP contribution in [0.25, 0.3) is 10.8 Å². The zero-order valence-corrected chi connectivity index (χ0v) is 26.2. The highest BCUT2D eigenvalue weighted by Gasteiger charge is 2.56.